The number of aliphatic hydroxyl groups excluding tert-OH is 1. The van der Waals surface area contributed by atoms with Crippen LogP contribution in [0.2, 0.25) is 0 Å². The Balaban J connectivity index is 1.45. The van der Waals surface area contributed by atoms with Crippen LogP contribution in [0.1, 0.15) is 24.0 Å². The maximum atomic E-state index is 10.3. The molecule has 1 aliphatic rings. The topological polar surface area (TPSA) is 53.3 Å². The molecule has 0 saturated heterocycles. The minimum absolute atomic E-state index is 0.175. The van der Waals surface area contributed by atoms with E-state index in [2.05, 4.69) is 53.7 Å². The molecule has 1 unspecified atom stereocenters. The van der Waals surface area contributed by atoms with E-state index < -0.39 is 0 Å². The van der Waals surface area contributed by atoms with E-state index in [1.54, 1.807) is 0 Å². The van der Waals surface area contributed by atoms with Gasteiger partial charge in [0.05, 0.1) is 6.10 Å². The van der Waals surface area contributed by atoms with Crippen LogP contribution < -0.4 is 5.32 Å². The molecule has 1 heterocycles. The quantitative estimate of drug-likeness (QED) is 0.770. The fourth-order valence-electron chi connectivity index (χ4n) is 3.59. The van der Waals surface area contributed by atoms with Crippen molar-refractivity contribution in [1.29, 1.82) is 0 Å². The van der Waals surface area contributed by atoms with Crippen molar-refractivity contribution in [1.82, 2.24) is 20.0 Å². The van der Waals surface area contributed by atoms with Crippen LogP contribution in [0, 0.1) is 5.92 Å². The number of nitrogens with zero attached hydrogens (tertiary/aromatic N) is 3. The third kappa shape index (κ3) is 5.39. The Hall–Kier alpha value is -1.69. The van der Waals surface area contributed by atoms with E-state index in [1.165, 1.54) is 11.1 Å². The van der Waals surface area contributed by atoms with Gasteiger partial charge >= 0.3 is 0 Å². The molecular weight excluding hydrogens is 312 g/mol. The normalized spacial score (nSPS) is 23.4. The predicted molar refractivity (Wildman–Crippen MR) is 100 cm³/mol. The van der Waals surface area contributed by atoms with Gasteiger partial charge in [-0.3, -0.25) is 4.68 Å². The first-order valence-corrected chi connectivity index (χ1v) is 9.21. The Morgan fingerprint density at radius 2 is 1.96 bits per heavy atom. The molecule has 3 atom stereocenters. The smallest absolute Gasteiger partial charge is 0.0696 e. The highest BCUT2D eigenvalue weighted by molar-refractivity contribution is 5.22. The third-order valence-corrected chi connectivity index (χ3v) is 5.07. The molecule has 1 aliphatic carbocycles. The van der Waals surface area contributed by atoms with Crippen molar-refractivity contribution in [2.24, 2.45) is 5.92 Å². The van der Waals surface area contributed by atoms with Crippen molar-refractivity contribution in [3.05, 3.63) is 53.9 Å². The average Bonchev–Trinajstić information content (AvgIpc) is 3.22. The molecule has 0 aliphatic heterocycles. The molecule has 1 fully saturated rings. The molecule has 0 radical (unpaired) electrons. The van der Waals surface area contributed by atoms with Crippen molar-refractivity contribution < 1.29 is 5.11 Å². The van der Waals surface area contributed by atoms with Gasteiger partial charge in [-0.1, -0.05) is 24.3 Å². The van der Waals surface area contributed by atoms with Crippen LogP contribution in [-0.4, -0.2) is 52.6 Å². The van der Waals surface area contributed by atoms with Gasteiger partial charge in [-0.05, 0) is 56.5 Å². The molecule has 0 spiro atoms. The lowest BCUT2D eigenvalue weighted by molar-refractivity contribution is 0.145. The van der Waals surface area contributed by atoms with Gasteiger partial charge in [-0.2, -0.15) is 5.10 Å². The van der Waals surface area contributed by atoms with E-state index in [-0.39, 0.29) is 12.1 Å². The standard InChI is InChI=1S/C20H30N4O/c1-23(2)11-8-16-4-6-17(7-5-16)14-21-19-12-18(13-20(19)25)15-24-10-3-9-22-24/h3-7,9-10,18-21,25H,8,11-15H2,1-2H3/t18?,19-,20-/m1/s1. The van der Waals surface area contributed by atoms with Gasteiger partial charge in [0.1, 0.15) is 0 Å². The van der Waals surface area contributed by atoms with E-state index in [9.17, 15) is 5.11 Å². The number of benzene rings is 1. The van der Waals surface area contributed by atoms with Crippen molar-refractivity contribution >= 4 is 0 Å². The minimum Gasteiger partial charge on any atom is -0.391 e. The number of likely N-dealkylation sites (N-methyl/N-ethyl adjacent to an activating group) is 1. The summed E-state index contributed by atoms with van der Waals surface area (Å²) in [5.74, 6) is 0.487. The number of rotatable bonds is 8. The maximum Gasteiger partial charge on any atom is 0.0696 e. The van der Waals surface area contributed by atoms with Gasteiger partial charge in [-0.15, -0.1) is 0 Å². The zero-order valence-corrected chi connectivity index (χ0v) is 15.3. The van der Waals surface area contributed by atoms with E-state index in [1.807, 2.05) is 23.1 Å². The van der Waals surface area contributed by atoms with Gasteiger partial charge in [0.25, 0.3) is 0 Å². The van der Waals surface area contributed by atoms with Crippen LogP contribution in [-0.2, 0) is 19.5 Å². The summed E-state index contributed by atoms with van der Waals surface area (Å²) in [4.78, 5) is 2.20. The molecule has 1 aromatic heterocycles. The second kappa shape index (κ2) is 8.61. The van der Waals surface area contributed by atoms with Crippen LogP contribution in [0.4, 0.5) is 0 Å². The molecular formula is C20H30N4O. The summed E-state index contributed by atoms with van der Waals surface area (Å²) in [6.07, 6.45) is 6.47. The summed E-state index contributed by atoms with van der Waals surface area (Å²) >= 11 is 0. The Bertz CT molecular complexity index is 624. The number of hydrogen-bond acceptors (Lipinski definition) is 4. The summed E-state index contributed by atoms with van der Waals surface area (Å²) in [6, 6.07) is 10.9. The van der Waals surface area contributed by atoms with Gasteiger partial charge in [0.2, 0.25) is 0 Å². The molecule has 2 aromatic rings. The Morgan fingerprint density at radius 1 is 1.20 bits per heavy atom. The second-order valence-electron chi connectivity index (χ2n) is 7.49. The largest absolute Gasteiger partial charge is 0.391 e. The van der Waals surface area contributed by atoms with Crippen LogP contribution in [0.3, 0.4) is 0 Å². The molecule has 3 rings (SSSR count). The van der Waals surface area contributed by atoms with Gasteiger partial charge < -0.3 is 15.3 Å². The molecule has 0 amide bonds. The van der Waals surface area contributed by atoms with Crippen LogP contribution in [0.5, 0.6) is 0 Å². The molecule has 1 saturated carbocycles. The van der Waals surface area contributed by atoms with Crippen LogP contribution >= 0.6 is 0 Å². The van der Waals surface area contributed by atoms with Gasteiger partial charge in [-0.25, -0.2) is 0 Å². The lowest BCUT2D eigenvalue weighted by Gasteiger charge is -2.17. The minimum atomic E-state index is -0.264. The molecule has 0 bridgehead atoms. The number of hydrogen-bond donors (Lipinski definition) is 2. The van der Waals surface area contributed by atoms with Gasteiger partial charge in [0.15, 0.2) is 0 Å². The monoisotopic (exact) mass is 342 g/mol. The predicted octanol–water partition coefficient (Wildman–Crippen LogP) is 1.92. The van der Waals surface area contributed by atoms with Crippen molar-refractivity contribution in [3.63, 3.8) is 0 Å². The molecule has 136 valence electrons. The summed E-state index contributed by atoms with van der Waals surface area (Å²) in [7, 11) is 4.20. The molecule has 25 heavy (non-hydrogen) atoms. The fraction of sp³-hybridized carbons (Fsp3) is 0.550. The molecule has 1 aromatic carbocycles. The number of aliphatic hydroxyl groups is 1. The fourth-order valence-corrected chi connectivity index (χ4v) is 3.59. The number of aromatic nitrogens is 2. The van der Waals surface area contributed by atoms with Crippen LogP contribution in [0.25, 0.3) is 0 Å². The zero-order valence-electron chi connectivity index (χ0n) is 15.3. The first kappa shape index (κ1) is 18.1. The van der Waals surface area contributed by atoms with Crippen molar-refractivity contribution in [3.8, 4) is 0 Å². The second-order valence-corrected chi connectivity index (χ2v) is 7.49. The summed E-state index contributed by atoms with van der Waals surface area (Å²) in [5.41, 5.74) is 2.65. The number of nitrogens with one attached hydrogen (secondary N) is 1. The van der Waals surface area contributed by atoms with E-state index in [4.69, 9.17) is 0 Å². The summed E-state index contributed by atoms with van der Waals surface area (Å²) in [5, 5.41) is 18.1. The Kier molecular flexibility index (Phi) is 6.24. The molecule has 5 nitrogen and oxygen atoms in total. The Labute approximate surface area is 150 Å². The summed E-state index contributed by atoms with van der Waals surface area (Å²) < 4.78 is 1.96. The van der Waals surface area contributed by atoms with Gasteiger partial charge in [0, 0.05) is 38.1 Å². The van der Waals surface area contributed by atoms with E-state index >= 15 is 0 Å². The Morgan fingerprint density at radius 3 is 2.64 bits per heavy atom. The first-order chi connectivity index (χ1) is 12.1. The van der Waals surface area contributed by atoms with E-state index in [0.717, 1.165) is 38.9 Å². The summed E-state index contributed by atoms with van der Waals surface area (Å²) in [6.45, 7) is 2.77. The highest BCUT2D eigenvalue weighted by atomic mass is 16.3. The highest BCUT2D eigenvalue weighted by Gasteiger charge is 2.32. The third-order valence-electron chi connectivity index (χ3n) is 5.07. The lowest BCUT2D eigenvalue weighted by atomic mass is 10.1. The van der Waals surface area contributed by atoms with Crippen LogP contribution in [0.15, 0.2) is 42.7 Å². The SMILES string of the molecule is CN(C)CCc1ccc(CN[C@@H]2CC(Cn3cccn3)C[C@H]2O)cc1. The lowest BCUT2D eigenvalue weighted by Crippen LogP contribution is -2.35. The van der Waals surface area contributed by atoms with Crippen molar-refractivity contribution in [2.45, 2.75) is 44.5 Å². The van der Waals surface area contributed by atoms with E-state index in [0.29, 0.717) is 5.92 Å². The molecule has 2 N–H and O–H groups in total. The van der Waals surface area contributed by atoms with Crippen molar-refractivity contribution in [2.75, 3.05) is 20.6 Å². The molecule has 5 heteroatoms. The zero-order chi connectivity index (χ0) is 17.6. The highest BCUT2D eigenvalue weighted by Crippen LogP contribution is 2.27. The average molecular weight is 342 g/mol. The first-order valence-electron chi connectivity index (χ1n) is 9.21. The maximum absolute atomic E-state index is 10.3.